The van der Waals surface area contributed by atoms with Crippen LogP contribution in [0.25, 0.3) is 21.5 Å². The molecule has 0 aliphatic carbocycles. The molecule has 0 aliphatic heterocycles. The zero-order valence-corrected chi connectivity index (χ0v) is 18.2. The number of aromatic nitrogens is 2. The first-order chi connectivity index (χ1) is 14.3. The van der Waals surface area contributed by atoms with Gasteiger partial charge in [0.25, 0.3) is 10.1 Å². The van der Waals surface area contributed by atoms with Crippen LogP contribution < -0.4 is 9.47 Å². The lowest BCUT2D eigenvalue weighted by Crippen LogP contribution is -2.00. The molecule has 0 saturated heterocycles. The summed E-state index contributed by atoms with van der Waals surface area (Å²) in [5.74, 6) is 1.15. The van der Waals surface area contributed by atoms with Gasteiger partial charge in [-0.3, -0.25) is 4.55 Å². The number of fused-ring (bicyclic) bond motifs is 2. The minimum atomic E-state index is -4.31. The average molecular weight is 483 g/mol. The van der Waals surface area contributed by atoms with E-state index in [2.05, 4.69) is 9.97 Å². The second-order valence-corrected chi connectivity index (χ2v) is 8.03. The summed E-state index contributed by atoms with van der Waals surface area (Å²) in [5, 5.41) is 3.13. The fourth-order valence-electron chi connectivity index (χ4n) is 2.92. The second kappa shape index (κ2) is 10.1. The minimum absolute atomic E-state index is 0. The van der Waals surface area contributed by atoms with Crippen LogP contribution in [0.4, 0.5) is 0 Å². The van der Waals surface area contributed by atoms with Crippen molar-refractivity contribution in [2.75, 3.05) is 14.2 Å². The van der Waals surface area contributed by atoms with Crippen molar-refractivity contribution in [3.05, 3.63) is 65.2 Å². The summed E-state index contributed by atoms with van der Waals surface area (Å²) in [6.07, 6.45) is 3.04. The molecule has 0 fully saturated rings. The molecule has 0 unspecified atom stereocenters. The predicted octanol–water partition coefficient (Wildman–Crippen LogP) is 5.68. The van der Waals surface area contributed by atoms with Gasteiger partial charge in [0, 0.05) is 17.8 Å². The molecule has 10 heteroatoms. The van der Waals surface area contributed by atoms with Crippen molar-refractivity contribution in [2.45, 2.75) is 12.3 Å². The summed E-state index contributed by atoms with van der Waals surface area (Å²) in [7, 11) is -1.25. The standard InChI is InChI=1S/C10H8ClNO4S.C10H8ClNO.CH4/c1-16-7-2-3-8(17(13,14)15)6-4-5-12-10(11)9(6)7;1-13-8-4-2-3-7-5-6-12-10(11)9(7)8;/h2-5H,1H3,(H,13,14,15);2-6H,1H3;1H4. The maximum atomic E-state index is 11.2. The maximum Gasteiger partial charge on any atom is 0.295 e. The van der Waals surface area contributed by atoms with Crippen molar-refractivity contribution >= 4 is 54.9 Å². The zero-order valence-electron chi connectivity index (χ0n) is 15.8. The monoisotopic (exact) mass is 482 g/mol. The van der Waals surface area contributed by atoms with E-state index in [9.17, 15) is 8.42 Å². The smallest absolute Gasteiger partial charge is 0.295 e. The van der Waals surface area contributed by atoms with Gasteiger partial charge in [-0.2, -0.15) is 8.42 Å². The Balaban J connectivity index is 0.000000220. The quantitative estimate of drug-likeness (QED) is 0.296. The van der Waals surface area contributed by atoms with Gasteiger partial charge < -0.3 is 9.47 Å². The number of hydrogen-bond donors (Lipinski definition) is 1. The molecule has 0 spiro atoms. The van der Waals surface area contributed by atoms with Crippen LogP contribution in [-0.4, -0.2) is 37.2 Å². The first kappa shape index (κ1) is 24.6. The number of pyridine rings is 2. The van der Waals surface area contributed by atoms with E-state index >= 15 is 0 Å². The van der Waals surface area contributed by atoms with E-state index in [1.165, 1.54) is 31.5 Å². The summed E-state index contributed by atoms with van der Waals surface area (Å²) >= 11 is 11.8. The Bertz CT molecular complexity index is 1330. The average Bonchev–Trinajstić information content (AvgIpc) is 2.72. The minimum Gasteiger partial charge on any atom is -0.496 e. The highest BCUT2D eigenvalue weighted by Gasteiger charge is 2.18. The van der Waals surface area contributed by atoms with Crippen LogP contribution in [0.2, 0.25) is 10.3 Å². The zero-order chi connectivity index (χ0) is 21.9. The molecule has 164 valence electrons. The van der Waals surface area contributed by atoms with Gasteiger partial charge in [0.1, 0.15) is 26.7 Å². The molecule has 7 nitrogen and oxygen atoms in total. The highest BCUT2D eigenvalue weighted by molar-refractivity contribution is 7.86. The molecule has 2 heterocycles. The fraction of sp³-hybridized carbons (Fsp3) is 0.143. The van der Waals surface area contributed by atoms with Gasteiger partial charge in [-0.1, -0.05) is 42.8 Å². The van der Waals surface area contributed by atoms with Crippen molar-refractivity contribution in [3.8, 4) is 11.5 Å². The van der Waals surface area contributed by atoms with Crippen LogP contribution >= 0.6 is 23.2 Å². The molecule has 2 aromatic carbocycles. The van der Waals surface area contributed by atoms with Crippen LogP contribution in [0.15, 0.2) is 59.8 Å². The van der Waals surface area contributed by atoms with Gasteiger partial charge >= 0.3 is 0 Å². The van der Waals surface area contributed by atoms with Crippen molar-refractivity contribution in [3.63, 3.8) is 0 Å². The van der Waals surface area contributed by atoms with Crippen LogP contribution in [0.5, 0.6) is 11.5 Å². The topological polar surface area (TPSA) is 98.6 Å². The van der Waals surface area contributed by atoms with E-state index < -0.39 is 10.1 Å². The molecular formula is C21H20Cl2N2O5S. The molecule has 0 aliphatic rings. The molecule has 31 heavy (non-hydrogen) atoms. The normalized spacial score (nSPS) is 10.7. The van der Waals surface area contributed by atoms with Crippen LogP contribution in [0.1, 0.15) is 7.43 Å². The number of nitrogens with zero attached hydrogens (tertiary/aromatic N) is 2. The Hall–Kier alpha value is -2.65. The van der Waals surface area contributed by atoms with E-state index in [1.54, 1.807) is 13.3 Å². The molecule has 0 bridgehead atoms. The van der Waals surface area contributed by atoms with Crippen LogP contribution in [0, 0.1) is 0 Å². The number of hydrogen-bond acceptors (Lipinski definition) is 6. The number of rotatable bonds is 3. The van der Waals surface area contributed by atoms with Gasteiger partial charge in [0.2, 0.25) is 0 Å². The Morgan fingerprint density at radius 2 is 1.42 bits per heavy atom. The van der Waals surface area contributed by atoms with Crippen LogP contribution in [0.3, 0.4) is 0 Å². The molecule has 4 aromatic rings. The first-order valence-corrected chi connectivity index (χ1v) is 10.6. The van der Waals surface area contributed by atoms with E-state index in [0.29, 0.717) is 16.3 Å². The summed E-state index contributed by atoms with van der Waals surface area (Å²) in [6.45, 7) is 0. The maximum absolute atomic E-state index is 11.2. The lowest BCUT2D eigenvalue weighted by Gasteiger charge is -2.09. The molecule has 0 radical (unpaired) electrons. The van der Waals surface area contributed by atoms with Gasteiger partial charge in [-0.15, -0.1) is 0 Å². The largest absolute Gasteiger partial charge is 0.496 e. The third-order valence-corrected chi connectivity index (χ3v) is 5.71. The number of methoxy groups -OCH3 is 2. The van der Waals surface area contributed by atoms with E-state index in [4.69, 9.17) is 37.2 Å². The summed E-state index contributed by atoms with van der Waals surface area (Å²) in [5.41, 5.74) is 0. The van der Waals surface area contributed by atoms with Crippen molar-refractivity contribution in [1.29, 1.82) is 0 Å². The number of benzene rings is 2. The Morgan fingerprint density at radius 1 is 0.839 bits per heavy atom. The molecule has 0 saturated carbocycles. The van der Waals surface area contributed by atoms with E-state index in [-0.39, 0.29) is 22.9 Å². The highest BCUT2D eigenvalue weighted by Crippen LogP contribution is 2.34. The predicted molar refractivity (Wildman–Crippen MR) is 123 cm³/mol. The molecule has 0 atom stereocenters. The molecule has 0 amide bonds. The summed E-state index contributed by atoms with van der Waals surface area (Å²) < 4.78 is 41.8. The highest BCUT2D eigenvalue weighted by atomic mass is 35.5. The number of ether oxygens (including phenoxy) is 2. The van der Waals surface area contributed by atoms with Crippen LogP contribution in [-0.2, 0) is 10.1 Å². The lowest BCUT2D eigenvalue weighted by atomic mass is 10.1. The van der Waals surface area contributed by atoms with Gasteiger partial charge in [-0.05, 0) is 35.7 Å². The van der Waals surface area contributed by atoms with E-state index in [0.717, 1.165) is 16.5 Å². The Kier molecular flexibility index (Phi) is 8.02. The molecule has 2 aromatic heterocycles. The Labute approximate surface area is 190 Å². The lowest BCUT2D eigenvalue weighted by molar-refractivity contribution is 0.419. The summed E-state index contributed by atoms with van der Waals surface area (Å²) in [4.78, 5) is 7.62. The van der Waals surface area contributed by atoms with Crippen molar-refractivity contribution < 1.29 is 22.4 Å². The third kappa shape index (κ3) is 5.16. The van der Waals surface area contributed by atoms with Crippen molar-refractivity contribution in [2.24, 2.45) is 0 Å². The number of halogens is 2. The SMILES string of the molecule is C.COc1ccc(S(=O)(=O)O)c2ccnc(Cl)c12.COc1cccc2ccnc(Cl)c12. The Morgan fingerprint density at radius 3 is 2.03 bits per heavy atom. The molecular weight excluding hydrogens is 463 g/mol. The molecule has 1 N–H and O–H groups in total. The van der Waals surface area contributed by atoms with Gasteiger partial charge in [-0.25, -0.2) is 9.97 Å². The van der Waals surface area contributed by atoms with E-state index in [1.807, 2.05) is 24.3 Å². The van der Waals surface area contributed by atoms with Gasteiger partial charge in [0.05, 0.1) is 25.0 Å². The molecule has 4 rings (SSSR count). The summed E-state index contributed by atoms with van der Waals surface area (Å²) in [6, 6.07) is 11.8. The third-order valence-electron chi connectivity index (χ3n) is 4.23. The first-order valence-electron chi connectivity index (χ1n) is 8.44. The van der Waals surface area contributed by atoms with Gasteiger partial charge in [0.15, 0.2) is 0 Å². The fourth-order valence-corrected chi connectivity index (χ4v) is 4.12. The second-order valence-electron chi connectivity index (χ2n) is 5.93. The van der Waals surface area contributed by atoms with Crippen molar-refractivity contribution in [1.82, 2.24) is 9.97 Å².